The van der Waals surface area contributed by atoms with Crippen molar-refractivity contribution in [1.29, 1.82) is 0 Å². The molecule has 2 N–H and O–H groups in total. The van der Waals surface area contributed by atoms with Crippen LogP contribution in [0.2, 0.25) is 5.04 Å². The molecule has 0 aliphatic heterocycles. The van der Waals surface area contributed by atoms with Gasteiger partial charge in [-0.05, 0) is 41.1 Å². The minimum Gasteiger partial charge on any atom is -0.481 e. The molecule has 2 rings (SSSR count). The highest BCUT2D eigenvalue weighted by molar-refractivity contribution is 6.99. The molecule has 30 heavy (non-hydrogen) atoms. The lowest BCUT2D eigenvalue weighted by Crippen LogP contribution is -2.66. The topological polar surface area (TPSA) is 66.8 Å². The number of carboxylic acids is 1. The van der Waals surface area contributed by atoms with Gasteiger partial charge >= 0.3 is 5.97 Å². The molecule has 0 saturated carbocycles. The predicted molar refractivity (Wildman–Crippen MR) is 125 cm³/mol. The molecule has 0 unspecified atom stereocenters. The van der Waals surface area contributed by atoms with E-state index in [1.165, 1.54) is 10.4 Å². The lowest BCUT2D eigenvalue weighted by Gasteiger charge is -2.43. The Morgan fingerprint density at radius 1 is 0.967 bits per heavy atom. The van der Waals surface area contributed by atoms with Crippen molar-refractivity contribution in [2.24, 2.45) is 11.8 Å². The first-order chi connectivity index (χ1) is 14.1. The van der Waals surface area contributed by atoms with Gasteiger partial charge in [-0.1, -0.05) is 88.4 Å². The van der Waals surface area contributed by atoms with Crippen molar-refractivity contribution >= 4 is 24.7 Å². The van der Waals surface area contributed by atoms with Gasteiger partial charge in [0.05, 0.1) is 12.0 Å². The summed E-state index contributed by atoms with van der Waals surface area (Å²) in [5.41, 5.74) is 0. The molecule has 0 amide bonds. The number of hydrogen-bond donors (Lipinski definition) is 2. The summed E-state index contributed by atoms with van der Waals surface area (Å²) >= 11 is 0. The molecule has 5 heteroatoms. The lowest BCUT2D eigenvalue weighted by molar-refractivity contribution is -0.146. The molecule has 0 heterocycles. The van der Waals surface area contributed by atoms with E-state index in [9.17, 15) is 9.90 Å². The van der Waals surface area contributed by atoms with Crippen LogP contribution in [-0.2, 0) is 9.22 Å². The van der Waals surface area contributed by atoms with Gasteiger partial charge < -0.3 is 14.6 Å². The highest BCUT2D eigenvalue weighted by Crippen LogP contribution is 2.37. The van der Waals surface area contributed by atoms with Crippen molar-refractivity contribution in [2.45, 2.75) is 58.6 Å². The van der Waals surface area contributed by atoms with Crippen molar-refractivity contribution in [3.63, 3.8) is 0 Å². The smallest absolute Gasteiger partial charge is 0.308 e. The van der Waals surface area contributed by atoms with Gasteiger partial charge in [-0.25, -0.2) is 0 Å². The van der Waals surface area contributed by atoms with Gasteiger partial charge in [0.25, 0.3) is 8.32 Å². The van der Waals surface area contributed by atoms with Crippen LogP contribution in [0.4, 0.5) is 0 Å². The lowest BCUT2D eigenvalue weighted by atomic mass is 9.90. The highest BCUT2D eigenvalue weighted by atomic mass is 28.4. The molecule has 0 spiro atoms. The Bertz CT molecular complexity index is 746. The van der Waals surface area contributed by atoms with E-state index in [2.05, 4.69) is 69.3 Å². The molecule has 0 fully saturated rings. The first kappa shape index (κ1) is 24.3. The molecular weight excluding hydrogens is 392 g/mol. The van der Waals surface area contributed by atoms with Gasteiger partial charge in [-0.3, -0.25) is 4.79 Å². The van der Waals surface area contributed by atoms with E-state index in [1.807, 2.05) is 19.1 Å². The van der Waals surface area contributed by atoms with Crippen LogP contribution in [0.5, 0.6) is 0 Å². The van der Waals surface area contributed by atoms with E-state index in [1.54, 1.807) is 6.92 Å². The Kier molecular flexibility index (Phi) is 8.41. The van der Waals surface area contributed by atoms with Crippen LogP contribution in [0.3, 0.4) is 0 Å². The van der Waals surface area contributed by atoms with Crippen molar-refractivity contribution in [3.8, 4) is 0 Å². The Morgan fingerprint density at radius 3 is 1.83 bits per heavy atom. The Hall–Kier alpha value is -1.95. The van der Waals surface area contributed by atoms with Gasteiger partial charge in [0.2, 0.25) is 0 Å². The monoisotopic (exact) mass is 428 g/mol. The quantitative estimate of drug-likeness (QED) is 0.442. The van der Waals surface area contributed by atoms with Gasteiger partial charge in [0.1, 0.15) is 0 Å². The van der Waals surface area contributed by atoms with Crippen LogP contribution in [0.15, 0.2) is 60.7 Å². The van der Waals surface area contributed by atoms with Crippen molar-refractivity contribution in [2.75, 3.05) is 6.61 Å². The summed E-state index contributed by atoms with van der Waals surface area (Å²) in [4.78, 5) is 11.2. The number of aliphatic hydroxyl groups excluding tert-OH is 1. The summed E-state index contributed by atoms with van der Waals surface area (Å²) in [7, 11) is -2.54. The Morgan fingerprint density at radius 2 is 1.43 bits per heavy atom. The summed E-state index contributed by atoms with van der Waals surface area (Å²) < 4.78 is 6.85. The summed E-state index contributed by atoms with van der Waals surface area (Å²) in [6.07, 6.45) is 0.641. The fraction of sp³-hybridized carbons (Fsp3) is 0.480. The maximum Gasteiger partial charge on any atom is 0.308 e. The average Bonchev–Trinajstić information content (AvgIpc) is 2.72. The molecule has 4 nitrogen and oxygen atoms in total. The van der Waals surface area contributed by atoms with Crippen molar-refractivity contribution in [3.05, 3.63) is 60.7 Å². The van der Waals surface area contributed by atoms with E-state index in [4.69, 9.17) is 9.53 Å². The molecule has 0 radical (unpaired) electrons. The third-order valence-electron chi connectivity index (χ3n) is 6.02. The first-order valence-electron chi connectivity index (χ1n) is 10.8. The van der Waals surface area contributed by atoms with E-state index in [0.29, 0.717) is 6.61 Å². The minimum absolute atomic E-state index is 0.0708. The number of aliphatic hydroxyl groups is 1. The summed E-state index contributed by atoms with van der Waals surface area (Å²) in [6.45, 7) is 10.8. The number of rotatable bonds is 10. The molecule has 3 atom stereocenters. The minimum atomic E-state index is -2.54. The summed E-state index contributed by atoms with van der Waals surface area (Å²) in [5.74, 6) is -1.82. The van der Waals surface area contributed by atoms with E-state index in [0.717, 1.165) is 12.8 Å². The maximum atomic E-state index is 11.2. The second-order valence-corrected chi connectivity index (χ2v) is 13.6. The number of carboxylic acid groups (broad SMARTS) is 1. The van der Waals surface area contributed by atoms with Gasteiger partial charge in [0.15, 0.2) is 0 Å². The van der Waals surface area contributed by atoms with Crippen LogP contribution < -0.4 is 10.4 Å². The SMILES string of the molecule is C[C@@H](CCCO[Si](c1ccccc1)(c1ccccc1)C(C)(C)C)[C@@H](O)[C@@H](C)C(=O)O. The molecule has 164 valence electrons. The summed E-state index contributed by atoms with van der Waals surface area (Å²) in [6, 6.07) is 21.0. The zero-order chi connectivity index (χ0) is 22.4. The summed E-state index contributed by atoms with van der Waals surface area (Å²) in [5, 5.41) is 21.9. The van der Waals surface area contributed by atoms with Gasteiger partial charge in [-0.2, -0.15) is 0 Å². The zero-order valence-electron chi connectivity index (χ0n) is 18.8. The Labute approximate surface area is 182 Å². The van der Waals surface area contributed by atoms with Gasteiger partial charge in [0, 0.05) is 6.61 Å². The maximum absolute atomic E-state index is 11.2. The zero-order valence-corrected chi connectivity index (χ0v) is 19.8. The molecule has 2 aromatic rings. The first-order valence-corrected chi connectivity index (χ1v) is 12.7. The normalized spacial score (nSPS) is 15.4. The predicted octanol–water partition coefficient (Wildman–Crippen LogP) is 4.06. The standard InChI is InChI=1S/C25H36O4Si/c1-19(23(26)20(2)24(27)28)13-12-18-29-30(25(3,4)5,21-14-8-6-9-15-21)22-16-10-7-11-17-22/h6-11,14-17,19-20,23,26H,12-13,18H2,1-5H3,(H,27,28)/t19-,20+,23+/m0/s1. The number of aliphatic carboxylic acids is 1. The van der Waals surface area contributed by atoms with E-state index < -0.39 is 26.3 Å². The van der Waals surface area contributed by atoms with Crippen LogP contribution >= 0.6 is 0 Å². The molecule has 0 aliphatic carbocycles. The number of carbonyl (C=O) groups is 1. The molecule has 2 aromatic carbocycles. The third-order valence-corrected chi connectivity index (χ3v) is 11.1. The van der Waals surface area contributed by atoms with Crippen LogP contribution in [-0.4, -0.2) is 37.2 Å². The Balaban J connectivity index is 2.22. The molecule has 0 aliphatic rings. The van der Waals surface area contributed by atoms with Crippen molar-refractivity contribution < 1.29 is 19.4 Å². The second kappa shape index (κ2) is 10.4. The largest absolute Gasteiger partial charge is 0.481 e. The highest BCUT2D eigenvalue weighted by Gasteiger charge is 2.49. The van der Waals surface area contributed by atoms with E-state index in [-0.39, 0.29) is 11.0 Å². The molecular formula is C25H36O4Si. The number of benzene rings is 2. The van der Waals surface area contributed by atoms with Crippen molar-refractivity contribution in [1.82, 2.24) is 0 Å². The number of hydrogen-bond acceptors (Lipinski definition) is 3. The third kappa shape index (κ3) is 5.39. The van der Waals surface area contributed by atoms with Crippen LogP contribution in [0.25, 0.3) is 0 Å². The second-order valence-electron chi connectivity index (χ2n) is 9.25. The molecule has 0 bridgehead atoms. The fourth-order valence-corrected chi connectivity index (χ4v) is 8.81. The molecule has 0 saturated heterocycles. The van der Waals surface area contributed by atoms with Crippen LogP contribution in [0, 0.1) is 11.8 Å². The average molecular weight is 429 g/mol. The fourth-order valence-electron chi connectivity index (χ4n) is 4.20. The molecule has 0 aromatic heterocycles. The van der Waals surface area contributed by atoms with E-state index >= 15 is 0 Å². The van der Waals surface area contributed by atoms with Gasteiger partial charge in [-0.15, -0.1) is 0 Å². The van der Waals surface area contributed by atoms with Crippen LogP contribution in [0.1, 0.15) is 47.5 Å².